The van der Waals surface area contributed by atoms with Gasteiger partial charge in [-0.1, -0.05) is 12.1 Å². The lowest BCUT2D eigenvalue weighted by molar-refractivity contribution is -0.146. The van der Waals surface area contributed by atoms with Crippen LogP contribution in [-0.4, -0.2) is 43.7 Å². The van der Waals surface area contributed by atoms with Crippen molar-refractivity contribution in [3.05, 3.63) is 35.4 Å². The maximum Gasteiger partial charge on any atom is 0.416 e. The number of morpholine rings is 1. The quantitative estimate of drug-likeness (QED) is 0.829. The van der Waals surface area contributed by atoms with E-state index in [-0.39, 0.29) is 17.9 Å². The zero-order valence-corrected chi connectivity index (χ0v) is 13.2. The molecular weight excluding hydrogens is 323 g/mol. The molecule has 2 heterocycles. The predicted molar refractivity (Wildman–Crippen MR) is 80.3 cm³/mol. The molecule has 24 heavy (non-hydrogen) atoms. The molecule has 1 atom stereocenters. The van der Waals surface area contributed by atoms with Gasteiger partial charge in [0.05, 0.1) is 18.7 Å². The molecule has 1 amide bonds. The van der Waals surface area contributed by atoms with Gasteiger partial charge in [0.2, 0.25) is 5.91 Å². The number of nitrogens with zero attached hydrogens (tertiary/aromatic N) is 1. The summed E-state index contributed by atoms with van der Waals surface area (Å²) in [6, 6.07) is 4.96. The smallest absolute Gasteiger partial charge is 0.381 e. The van der Waals surface area contributed by atoms with E-state index in [1.807, 2.05) is 0 Å². The molecule has 1 aromatic rings. The number of rotatable bonds is 2. The first-order valence-corrected chi connectivity index (χ1v) is 8.10. The number of hydrogen-bond acceptors (Lipinski definition) is 3. The molecule has 0 saturated carbocycles. The number of halogens is 3. The third-order valence-corrected chi connectivity index (χ3v) is 4.56. The van der Waals surface area contributed by atoms with Crippen molar-refractivity contribution in [1.82, 2.24) is 4.90 Å². The fourth-order valence-corrected chi connectivity index (χ4v) is 3.14. The monoisotopic (exact) mass is 343 g/mol. The van der Waals surface area contributed by atoms with Crippen molar-refractivity contribution >= 4 is 5.91 Å². The minimum absolute atomic E-state index is 0.0231. The highest BCUT2D eigenvalue weighted by Crippen LogP contribution is 2.31. The molecule has 0 aliphatic carbocycles. The molecule has 0 bridgehead atoms. The van der Waals surface area contributed by atoms with Gasteiger partial charge in [0, 0.05) is 25.7 Å². The SMILES string of the molecule is O=C(C1CCOCC1)N1CCO[C@@H](c2ccc(C(F)(F)F)cc2)C1. The Labute approximate surface area is 138 Å². The van der Waals surface area contributed by atoms with Crippen LogP contribution in [0.3, 0.4) is 0 Å². The van der Waals surface area contributed by atoms with Crippen molar-refractivity contribution in [3.63, 3.8) is 0 Å². The molecule has 7 heteroatoms. The Kier molecular flexibility index (Phi) is 5.10. The molecule has 132 valence electrons. The number of carbonyl (C=O) groups excluding carboxylic acids is 1. The van der Waals surface area contributed by atoms with Crippen molar-refractivity contribution in [1.29, 1.82) is 0 Å². The summed E-state index contributed by atoms with van der Waals surface area (Å²) in [5.41, 5.74) is -0.0234. The third kappa shape index (κ3) is 3.89. The number of carbonyl (C=O) groups is 1. The van der Waals surface area contributed by atoms with Gasteiger partial charge in [-0.15, -0.1) is 0 Å². The summed E-state index contributed by atoms with van der Waals surface area (Å²) in [4.78, 5) is 14.3. The van der Waals surface area contributed by atoms with Crippen LogP contribution in [0, 0.1) is 5.92 Å². The fourth-order valence-electron chi connectivity index (χ4n) is 3.14. The molecule has 2 aliphatic heterocycles. The number of hydrogen-bond donors (Lipinski definition) is 0. The largest absolute Gasteiger partial charge is 0.416 e. The van der Waals surface area contributed by atoms with E-state index in [2.05, 4.69) is 0 Å². The molecule has 0 radical (unpaired) electrons. The normalized spacial score (nSPS) is 23.3. The molecular formula is C17H20F3NO3. The second-order valence-corrected chi connectivity index (χ2v) is 6.15. The molecule has 0 spiro atoms. The van der Waals surface area contributed by atoms with Crippen LogP contribution in [0.4, 0.5) is 13.2 Å². The van der Waals surface area contributed by atoms with Gasteiger partial charge in [-0.3, -0.25) is 4.79 Å². The molecule has 1 aromatic carbocycles. The molecule has 2 saturated heterocycles. The second-order valence-electron chi connectivity index (χ2n) is 6.15. The van der Waals surface area contributed by atoms with E-state index in [0.717, 1.165) is 25.0 Å². The third-order valence-electron chi connectivity index (χ3n) is 4.56. The molecule has 0 N–H and O–H groups in total. The van der Waals surface area contributed by atoms with Crippen molar-refractivity contribution in [2.75, 3.05) is 32.9 Å². The highest BCUT2D eigenvalue weighted by Gasteiger charge is 2.33. The fraction of sp³-hybridized carbons (Fsp3) is 0.588. The van der Waals surface area contributed by atoms with Gasteiger partial charge in [-0.25, -0.2) is 0 Å². The second kappa shape index (κ2) is 7.11. The number of benzene rings is 1. The van der Waals surface area contributed by atoms with Crippen LogP contribution in [0.5, 0.6) is 0 Å². The summed E-state index contributed by atoms with van der Waals surface area (Å²) in [5, 5.41) is 0. The van der Waals surface area contributed by atoms with Gasteiger partial charge < -0.3 is 14.4 Å². The van der Waals surface area contributed by atoms with Gasteiger partial charge in [-0.05, 0) is 30.5 Å². The number of alkyl halides is 3. The van der Waals surface area contributed by atoms with E-state index in [4.69, 9.17) is 9.47 Å². The summed E-state index contributed by atoms with van der Waals surface area (Å²) < 4.78 is 48.9. The summed E-state index contributed by atoms with van der Waals surface area (Å²) in [5.74, 6) is 0.0728. The van der Waals surface area contributed by atoms with Crippen molar-refractivity contribution in [2.45, 2.75) is 25.1 Å². The van der Waals surface area contributed by atoms with Gasteiger partial charge in [0.15, 0.2) is 0 Å². The predicted octanol–water partition coefficient (Wildman–Crippen LogP) is 3.03. The average molecular weight is 343 g/mol. The summed E-state index contributed by atoms with van der Waals surface area (Å²) >= 11 is 0. The Bertz CT molecular complexity index is 567. The van der Waals surface area contributed by atoms with Crippen LogP contribution < -0.4 is 0 Å². The van der Waals surface area contributed by atoms with Crippen LogP contribution in [0.25, 0.3) is 0 Å². The maximum atomic E-state index is 12.6. The van der Waals surface area contributed by atoms with Gasteiger partial charge in [0.1, 0.15) is 6.10 Å². The van der Waals surface area contributed by atoms with E-state index in [0.29, 0.717) is 38.5 Å². The van der Waals surface area contributed by atoms with E-state index >= 15 is 0 Å². The Morgan fingerprint density at radius 2 is 1.75 bits per heavy atom. The highest BCUT2D eigenvalue weighted by molar-refractivity contribution is 5.79. The Hall–Kier alpha value is -1.60. The van der Waals surface area contributed by atoms with E-state index in [1.165, 1.54) is 12.1 Å². The first-order valence-electron chi connectivity index (χ1n) is 8.10. The van der Waals surface area contributed by atoms with Crippen molar-refractivity contribution in [2.24, 2.45) is 5.92 Å². The Morgan fingerprint density at radius 3 is 2.38 bits per heavy atom. The minimum atomic E-state index is -4.35. The standard InChI is InChI=1S/C17H20F3NO3/c18-17(19,20)14-3-1-12(2-4-14)15-11-21(7-10-24-15)16(22)13-5-8-23-9-6-13/h1-4,13,15H,5-11H2/t15-/m1/s1. The van der Waals surface area contributed by atoms with Crippen molar-refractivity contribution < 1.29 is 27.4 Å². The summed E-state index contributed by atoms with van der Waals surface area (Å²) in [6.07, 6.45) is -3.29. The number of amides is 1. The van der Waals surface area contributed by atoms with E-state index in [9.17, 15) is 18.0 Å². The zero-order chi connectivity index (χ0) is 17.2. The van der Waals surface area contributed by atoms with Crippen LogP contribution in [-0.2, 0) is 20.4 Å². The molecule has 4 nitrogen and oxygen atoms in total. The molecule has 2 aliphatic rings. The lowest BCUT2D eigenvalue weighted by atomic mass is 9.97. The van der Waals surface area contributed by atoms with Crippen molar-refractivity contribution in [3.8, 4) is 0 Å². The highest BCUT2D eigenvalue weighted by atomic mass is 19.4. The van der Waals surface area contributed by atoms with Gasteiger partial charge in [-0.2, -0.15) is 13.2 Å². The minimum Gasteiger partial charge on any atom is -0.381 e. The Balaban J connectivity index is 1.65. The molecule has 2 fully saturated rings. The summed E-state index contributed by atoms with van der Waals surface area (Å²) in [7, 11) is 0. The van der Waals surface area contributed by atoms with Crippen LogP contribution in [0.2, 0.25) is 0 Å². The lowest BCUT2D eigenvalue weighted by Gasteiger charge is -2.36. The number of ether oxygens (including phenoxy) is 2. The maximum absolute atomic E-state index is 12.6. The van der Waals surface area contributed by atoms with Crippen LogP contribution >= 0.6 is 0 Å². The molecule has 0 unspecified atom stereocenters. The summed E-state index contributed by atoms with van der Waals surface area (Å²) in [6.45, 7) is 2.49. The first-order chi connectivity index (χ1) is 11.4. The van der Waals surface area contributed by atoms with Crippen LogP contribution in [0.15, 0.2) is 24.3 Å². The average Bonchev–Trinajstić information content (AvgIpc) is 2.61. The van der Waals surface area contributed by atoms with Gasteiger partial charge in [0.25, 0.3) is 0 Å². The first kappa shape index (κ1) is 17.2. The molecule has 3 rings (SSSR count). The van der Waals surface area contributed by atoms with Gasteiger partial charge >= 0.3 is 6.18 Å². The Morgan fingerprint density at radius 1 is 1.08 bits per heavy atom. The van der Waals surface area contributed by atoms with E-state index < -0.39 is 11.7 Å². The van der Waals surface area contributed by atoms with Crippen LogP contribution in [0.1, 0.15) is 30.1 Å². The lowest BCUT2D eigenvalue weighted by Crippen LogP contribution is -2.46. The topological polar surface area (TPSA) is 38.8 Å². The van der Waals surface area contributed by atoms with E-state index in [1.54, 1.807) is 4.90 Å². The zero-order valence-electron chi connectivity index (χ0n) is 13.2. The molecule has 0 aromatic heterocycles.